The third-order valence-corrected chi connectivity index (χ3v) is 30.1. The third-order valence-electron chi connectivity index (χ3n) is 24.9. The first kappa shape index (κ1) is 150. The zero-order valence-electron chi connectivity index (χ0n) is 84.0. The van der Waals surface area contributed by atoms with Crippen molar-refractivity contribution in [1.82, 2.24) is 0 Å². The second-order valence-electron chi connectivity index (χ2n) is 36.2. The van der Waals surface area contributed by atoms with Crippen molar-refractivity contribution in [1.29, 1.82) is 0 Å². The van der Waals surface area contributed by atoms with Gasteiger partial charge < -0.3 is 70.9 Å². The smallest absolute Gasteiger partial charge is 4.00 e. The van der Waals surface area contributed by atoms with Gasteiger partial charge in [-0.3, -0.25) is 0 Å². The van der Waals surface area contributed by atoms with E-state index in [1.165, 1.54) is 295 Å². The molecule has 1 aromatic carbocycles. The second-order valence-corrected chi connectivity index (χ2v) is 52.6. The van der Waals surface area contributed by atoms with Crippen molar-refractivity contribution < 1.29 is 88.4 Å². The Morgan fingerprint density at radius 3 is 0.992 bits per heavy atom. The topological polar surface area (TPSA) is 47.6 Å². The van der Waals surface area contributed by atoms with E-state index in [-0.39, 0.29) is 96.3 Å². The molecule has 6 unspecified atom stereocenters. The molecule has 119 heavy (non-hydrogen) atoms. The Kier molecular flexibility index (Phi) is 130. The van der Waals surface area contributed by atoms with Gasteiger partial charge in [-0.15, -0.1) is 37.4 Å². The summed E-state index contributed by atoms with van der Waals surface area (Å²) in [6, 6.07) is 11.6. The van der Waals surface area contributed by atoms with Crippen molar-refractivity contribution >= 4 is 59.2 Å². The predicted octanol–water partition coefficient (Wildman–Crippen LogP) is 42.7. The number of rotatable bonds is 21. The van der Waals surface area contributed by atoms with Gasteiger partial charge in [-0.1, -0.05) is 452 Å². The number of halogens is 6. The summed E-state index contributed by atoms with van der Waals surface area (Å²) in [5.74, 6) is 10.2. The van der Waals surface area contributed by atoms with E-state index in [0.29, 0.717) is 5.41 Å². The molecule has 1 aromatic rings. The van der Waals surface area contributed by atoms with Crippen LogP contribution in [0.25, 0.3) is 11.5 Å². The molecule has 0 spiro atoms. The van der Waals surface area contributed by atoms with Gasteiger partial charge in [0, 0.05) is 0 Å². The molecule has 2 N–H and O–H groups in total. The van der Waals surface area contributed by atoms with Crippen molar-refractivity contribution in [3.05, 3.63) is 182 Å². The maximum atomic E-state index is 6.94. The maximum Gasteiger partial charge on any atom is 4.00 e. The van der Waals surface area contributed by atoms with Crippen molar-refractivity contribution in [3.8, 4) is 0 Å². The van der Waals surface area contributed by atoms with Gasteiger partial charge in [-0.25, -0.2) is 0 Å². The normalized spacial score (nSPS) is 20.6. The Balaban J connectivity index is -0.0000000962. The Bertz CT molecular complexity index is 2060. The summed E-state index contributed by atoms with van der Waals surface area (Å²) in [5.41, 5.74) is 17.7. The number of hydrogen-bond acceptors (Lipinski definition) is 0. The van der Waals surface area contributed by atoms with Gasteiger partial charge in [0.15, 0.2) is 0 Å². The van der Waals surface area contributed by atoms with Crippen LogP contribution in [0.3, 0.4) is 0 Å². The molecule has 9 fully saturated rings. The largest absolute Gasteiger partial charge is 4.00 e. The van der Waals surface area contributed by atoms with Gasteiger partial charge in [0.2, 0.25) is 0 Å². The summed E-state index contributed by atoms with van der Waals surface area (Å²) < 4.78 is 0. The first-order chi connectivity index (χ1) is 52.8. The Hall–Kier alpha value is 3.06. The molecule has 2 nitrogen and oxygen atoms in total. The van der Waals surface area contributed by atoms with Gasteiger partial charge in [0.05, 0.1) is 8.07 Å². The van der Waals surface area contributed by atoms with Crippen LogP contribution in [0.2, 0.25) is 24.2 Å². The molecule has 0 bridgehead atoms. The summed E-state index contributed by atoms with van der Waals surface area (Å²) >= 11 is -2.48. The fourth-order valence-corrected chi connectivity index (χ4v) is 24.0. The summed E-state index contributed by atoms with van der Waals surface area (Å²) in [6.07, 6.45) is 88.9. The van der Waals surface area contributed by atoms with Crippen LogP contribution in [-0.2, 0) is 93.8 Å². The zero-order chi connectivity index (χ0) is 83.8. The molecule has 0 saturated heterocycles. The predicted molar refractivity (Wildman–Crippen MR) is 554 cm³/mol. The fraction of sp³-hybridized carbons (Fsp3) is 0.755. The quantitative estimate of drug-likeness (QED) is 0.0387. The molecule has 0 radical (unpaired) electrons. The van der Waals surface area contributed by atoms with Crippen LogP contribution in [0.15, 0.2) is 105 Å². The van der Waals surface area contributed by atoms with E-state index in [4.69, 9.17) is 62.5 Å². The molecule has 10 aliphatic rings. The van der Waals surface area contributed by atoms with E-state index in [2.05, 4.69) is 143 Å². The molecule has 9 saturated carbocycles. The van der Waals surface area contributed by atoms with Gasteiger partial charge in [0.25, 0.3) is 0 Å². The molecular formula is C106H206Cl6HfN2SiZr3. The number of hydrogen-bond donors (Lipinski definition) is 0. The minimum absolute atomic E-state index is 0. The standard InChI is InChI=1S/C22H32.C16H26Si.4C9H18.C6H14.C6H10.2C4H10N.2C2H4.8CH3.6ClH.Hf.3Zr/c1-22(19-12-6-7-13-19,18-10-3-2-4-11-18)21-16-15-17-9-5-8-14-20(17)21;1-17(2,14-8-4-5-9-14)16-12-11-13-7-3-6-10-15(13)16;4*1-2-3-6-9-7-4-5-8-9;2*1-3-5-6-4-2;2*1-4(2,3)5;2*1-2;;;;;;;;;;;;;;;;;;/h2-4,10-11,17,19-21H,5-9,12-16H2,1H3;3,6-7,10,13-16H,4-5,8-9,11-12H2,1-2H3;4*9H,2-8H2,1H3;3-6H2,1-2H3;3-6H,1-2H3;2*5H,1-3H3;2*1-2H2;8*1H3;6*1H;;;;/q;;;;;;;;2*-1;;;8*-1;;;;;;;4*+4/p-6/b;;;;;;;5-3-,6-4-;;;;;;;;;;;;;;;;;;;;;;/t17?,20?,21?,22-;;;;;;;;;;;;;;;;;;;;;;;;;;;;;/m1............................./s1. The number of allylic oxidation sites excluding steroid dienone is 8. The molecular weight excluding hydrogens is 1990 g/mol. The summed E-state index contributed by atoms with van der Waals surface area (Å²) in [7, 11) is 28.6. The Morgan fingerprint density at radius 2 is 0.681 bits per heavy atom. The molecule has 702 valence electrons. The second kappa shape index (κ2) is 103. The molecule has 0 aliphatic heterocycles. The number of benzene rings is 1. The molecule has 11 rings (SSSR count). The zero-order valence-corrected chi connectivity index (χ0v) is 100. The number of fused-ring (bicyclic) bond motifs is 2. The van der Waals surface area contributed by atoms with Gasteiger partial charge in [-0.05, 0) is 134 Å². The Labute approximate surface area is 831 Å². The van der Waals surface area contributed by atoms with E-state index < -0.39 is 70.6 Å². The first-order valence-electron chi connectivity index (χ1n) is 45.8. The van der Waals surface area contributed by atoms with Crippen LogP contribution in [0.4, 0.5) is 0 Å². The summed E-state index contributed by atoms with van der Waals surface area (Å²) in [5, 5.41) is 0. The van der Waals surface area contributed by atoms with E-state index in [0.717, 1.165) is 70.3 Å². The molecule has 10 aliphatic carbocycles. The maximum absolute atomic E-state index is 6.94. The first-order valence-corrected chi connectivity index (χ1v) is 68.0. The number of nitrogens with one attached hydrogen (secondary N) is 2. The average molecular weight is 2200 g/mol. The third kappa shape index (κ3) is 81.5. The van der Waals surface area contributed by atoms with Crippen LogP contribution < -0.4 is 0 Å². The fourth-order valence-electron chi connectivity index (χ4n) is 19.2. The summed E-state index contributed by atoms with van der Waals surface area (Å²) in [6.45, 7) is 48.8. The van der Waals surface area contributed by atoms with Crippen molar-refractivity contribution in [2.24, 2.45) is 59.2 Å². The molecule has 7 atom stereocenters. The van der Waals surface area contributed by atoms with Crippen LogP contribution in [0, 0.1) is 119 Å². The molecule has 13 heteroatoms. The van der Waals surface area contributed by atoms with Crippen molar-refractivity contribution in [2.75, 3.05) is 0 Å². The molecule has 0 aromatic heterocycles. The van der Waals surface area contributed by atoms with Gasteiger partial charge in [-0.2, -0.15) is 0 Å². The Morgan fingerprint density at radius 1 is 0.395 bits per heavy atom. The van der Waals surface area contributed by atoms with Crippen molar-refractivity contribution in [3.63, 3.8) is 0 Å². The molecule has 0 amide bonds. The minimum atomic E-state index is -1.03. The minimum Gasteiger partial charge on any atom is 4.00 e. The van der Waals surface area contributed by atoms with E-state index in [9.17, 15) is 0 Å². The SMILES string of the molecule is C/C=C\C=C/C.C=C.C=C.CC(C)(C)[NH-].CC(C)(C)[NH-].CCCCC1CCCC1.CCCCC1CCCC1.CCCCC1CCCC1.CCCCC1CCCC1.CCCCCC.C[C@@](c1ccccc1)(C1CCCC1)C1CCC2CCCCC21.C[Si](C)(C1CCCC1)C1CCC2C=CC=CC21.[CH3-].[CH3-].[CH3-].[CH3-].[CH3-].[CH3-].[CH3-].[CH3-].[Cl][Zr+2][Cl].[Cl][Zr+2][Cl].[Cl][Zr+2][Cl].[Hf+4]. The van der Waals surface area contributed by atoms with Crippen molar-refractivity contribution in [2.45, 2.75) is 453 Å². The van der Waals surface area contributed by atoms with Crippen LogP contribution in [0.1, 0.15) is 418 Å². The number of unbranched alkanes of at least 4 members (excludes halogenated alkanes) is 7. The molecule has 0 heterocycles. The van der Waals surface area contributed by atoms with E-state index in [1.807, 2.05) is 79.7 Å². The van der Waals surface area contributed by atoms with Gasteiger partial charge in [0.1, 0.15) is 0 Å². The summed E-state index contributed by atoms with van der Waals surface area (Å²) in [4.78, 5) is 0. The van der Waals surface area contributed by atoms with Gasteiger partial charge >= 0.3 is 139 Å². The average Bonchev–Trinajstić information content (AvgIpc) is 1.64. The monoisotopic (exact) mass is 2200 g/mol. The van der Waals surface area contributed by atoms with E-state index in [1.54, 1.807) is 18.4 Å². The van der Waals surface area contributed by atoms with E-state index >= 15 is 0 Å². The van der Waals surface area contributed by atoms with Crippen LogP contribution in [0.5, 0.6) is 0 Å². The van der Waals surface area contributed by atoms with Crippen LogP contribution in [-0.4, -0.2) is 19.2 Å². The van der Waals surface area contributed by atoms with Crippen LogP contribution >= 0.6 is 51.1 Å².